The monoisotopic (exact) mass is 466 g/mol. The van der Waals surface area contributed by atoms with E-state index < -0.39 is 5.97 Å². The van der Waals surface area contributed by atoms with Gasteiger partial charge in [0, 0.05) is 25.6 Å². The number of nitrogens with one attached hydrogen (secondary N) is 1. The topological polar surface area (TPSA) is 89.9 Å². The second kappa shape index (κ2) is 11.0. The zero-order valence-corrected chi connectivity index (χ0v) is 20.8. The van der Waals surface area contributed by atoms with Gasteiger partial charge in [-0.15, -0.1) is 0 Å². The summed E-state index contributed by atoms with van der Waals surface area (Å²) in [7, 11) is 0. The molecule has 0 spiro atoms. The van der Waals surface area contributed by atoms with Crippen LogP contribution in [0.2, 0.25) is 0 Å². The minimum absolute atomic E-state index is 0.0483. The van der Waals surface area contributed by atoms with Crippen LogP contribution in [0.25, 0.3) is 0 Å². The fraction of sp³-hybridized carbons (Fsp3) is 0.500. The first kappa shape index (κ1) is 25.8. The standard InChI is InChI=1S/C28H38N2O4/c1-19(2)25(29-26(32)13-10-21-8-11-24(31)12-9-21)18-30-15-14-28(4,20(3)17-30)23-7-5-6-22(16-23)27(33)34/h5-9,11-12,16,19-20,25,31H,10,13-15,17-18H2,1-4H3,(H,29,32)(H,33,34)/t20-,25+,28+/m0/s1. The summed E-state index contributed by atoms with van der Waals surface area (Å²) in [6.07, 6.45) is 2.00. The Bertz CT molecular complexity index is 988. The number of aromatic carboxylic acids is 1. The Morgan fingerprint density at radius 2 is 1.88 bits per heavy atom. The molecule has 1 aliphatic heterocycles. The van der Waals surface area contributed by atoms with Gasteiger partial charge in [0.1, 0.15) is 5.75 Å². The Morgan fingerprint density at radius 1 is 1.18 bits per heavy atom. The molecule has 34 heavy (non-hydrogen) atoms. The van der Waals surface area contributed by atoms with Crippen LogP contribution in [0.1, 0.15) is 62.0 Å². The van der Waals surface area contributed by atoms with Crippen molar-refractivity contribution in [2.75, 3.05) is 19.6 Å². The largest absolute Gasteiger partial charge is 0.508 e. The normalized spacial score (nSPS) is 21.9. The summed E-state index contributed by atoms with van der Waals surface area (Å²) in [5.41, 5.74) is 2.37. The average molecular weight is 467 g/mol. The lowest BCUT2D eigenvalue weighted by atomic mass is 9.67. The fourth-order valence-electron chi connectivity index (χ4n) is 4.82. The number of phenols is 1. The van der Waals surface area contributed by atoms with Gasteiger partial charge in [0.05, 0.1) is 5.56 Å². The second-order valence-electron chi connectivity index (χ2n) is 10.3. The number of carbonyl (C=O) groups excluding carboxylic acids is 1. The number of phenolic OH excluding ortho intramolecular Hbond substituents is 1. The fourth-order valence-corrected chi connectivity index (χ4v) is 4.82. The van der Waals surface area contributed by atoms with Crippen LogP contribution >= 0.6 is 0 Å². The number of carboxylic acids is 1. The van der Waals surface area contributed by atoms with Crippen LogP contribution in [0.15, 0.2) is 48.5 Å². The number of amides is 1. The molecule has 3 N–H and O–H groups in total. The van der Waals surface area contributed by atoms with Crippen molar-refractivity contribution in [3.63, 3.8) is 0 Å². The number of aryl methyl sites for hydroxylation is 1. The summed E-state index contributed by atoms with van der Waals surface area (Å²) in [6, 6.07) is 14.4. The van der Waals surface area contributed by atoms with Crippen LogP contribution in [0.4, 0.5) is 0 Å². The van der Waals surface area contributed by atoms with E-state index >= 15 is 0 Å². The van der Waals surface area contributed by atoms with E-state index in [0.29, 0.717) is 30.2 Å². The van der Waals surface area contributed by atoms with Gasteiger partial charge in [-0.2, -0.15) is 0 Å². The third-order valence-electron chi connectivity index (χ3n) is 7.52. The molecule has 0 unspecified atom stereocenters. The van der Waals surface area contributed by atoms with E-state index in [1.165, 1.54) is 0 Å². The van der Waals surface area contributed by atoms with Crippen molar-refractivity contribution in [1.82, 2.24) is 10.2 Å². The molecule has 3 atom stereocenters. The third-order valence-corrected chi connectivity index (χ3v) is 7.52. The molecule has 184 valence electrons. The number of carbonyl (C=O) groups is 2. The molecule has 2 aromatic carbocycles. The van der Waals surface area contributed by atoms with Gasteiger partial charge in [-0.25, -0.2) is 4.79 Å². The number of hydrogen-bond acceptors (Lipinski definition) is 4. The summed E-state index contributed by atoms with van der Waals surface area (Å²) in [6.45, 7) is 11.4. The summed E-state index contributed by atoms with van der Waals surface area (Å²) in [4.78, 5) is 26.5. The highest BCUT2D eigenvalue weighted by molar-refractivity contribution is 5.87. The molecule has 0 aromatic heterocycles. The Balaban J connectivity index is 1.57. The molecule has 0 radical (unpaired) electrons. The van der Waals surface area contributed by atoms with Crippen LogP contribution in [0, 0.1) is 11.8 Å². The van der Waals surface area contributed by atoms with Gasteiger partial charge in [-0.05, 0) is 72.0 Å². The molecule has 0 bridgehead atoms. The van der Waals surface area contributed by atoms with Gasteiger partial charge in [0.25, 0.3) is 0 Å². The summed E-state index contributed by atoms with van der Waals surface area (Å²) >= 11 is 0. The van der Waals surface area contributed by atoms with E-state index in [1.807, 2.05) is 30.3 Å². The summed E-state index contributed by atoms with van der Waals surface area (Å²) in [5.74, 6) is 0.0509. The molecule has 1 aliphatic rings. The highest BCUT2D eigenvalue weighted by Crippen LogP contribution is 2.39. The zero-order valence-electron chi connectivity index (χ0n) is 20.8. The van der Waals surface area contributed by atoms with Crippen LogP contribution in [-0.2, 0) is 16.6 Å². The van der Waals surface area contributed by atoms with E-state index in [2.05, 4.69) is 37.9 Å². The number of benzene rings is 2. The Kier molecular flexibility index (Phi) is 8.37. The van der Waals surface area contributed by atoms with Crippen molar-refractivity contribution >= 4 is 11.9 Å². The highest BCUT2D eigenvalue weighted by atomic mass is 16.4. The molecule has 1 amide bonds. The van der Waals surface area contributed by atoms with Crippen molar-refractivity contribution in [3.05, 3.63) is 65.2 Å². The SMILES string of the molecule is CC(C)[C@@H](CN1CC[C@@](C)(c2cccc(C(=O)O)c2)[C@@H](C)C1)NC(=O)CCc1ccc(O)cc1. The molecule has 6 nitrogen and oxygen atoms in total. The molecular formula is C28H38N2O4. The summed E-state index contributed by atoms with van der Waals surface area (Å²) in [5, 5.41) is 22.0. The number of piperidine rings is 1. The molecule has 0 saturated carbocycles. The predicted molar refractivity (Wildman–Crippen MR) is 134 cm³/mol. The van der Waals surface area contributed by atoms with Gasteiger partial charge in [0.15, 0.2) is 0 Å². The van der Waals surface area contributed by atoms with E-state index in [0.717, 1.165) is 37.2 Å². The smallest absolute Gasteiger partial charge is 0.335 e. The lowest BCUT2D eigenvalue weighted by Crippen LogP contribution is -2.53. The second-order valence-corrected chi connectivity index (χ2v) is 10.3. The zero-order chi connectivity index (χ0) is 24.9. The van der Waals surface area contributed by atoms with E-state index in [9.17, 15) is 19.8 Å². The first-order valence-electron chi connectivity index (χ1n) is 12.2. The van der Waals surface area contributed by atoms with Crippen molar-refractivity contribution in [2.45, 2.75) is 58.4 Å². The van der Waals surface area contributed by atoms with E-state index in [1.54, 1.807) is 18.2 Å². The van der Waals surface area contributed by atoms with Gasteiger partial charge < -0.3 is 20.4 Å². The van der Waals surface area contributed by atoms with Crippen LogP contribution in [0.3, 0.4) is 0 Å². The number of likely N-dealkylation sites (tertiary alicyclic amines) is 1. The van der Waals surface area contributed by atoms with Gasteiger partial charge >= 0.3 is 5.97 Å². The Morgan fingerprint density at radius 3 is 2.50 bits per heavy atom. The van der Waals surface area contributed by atoms with E-state index in [-0.39, 0.29) is 23.1 Å². The van der Waals surface area contributed by atoms with E-state index in [4.69, 9.17) is 0 Å². The van der Waals surface area contributed by atoms with Gasteiger partial charge in [-0.3, -0.25) is 4.79 Å². The van der Waals surface area contributed by atoms with Gasteiger partial charge in [0.2, 0.25) is 5.91 Å². The van der Waals surface area contributed by atoms with Crippen molar-refractivity contribution in [2.24, 2.45) is 11.8 Å². The molecular weight excluding hydrogens is 428 g/mol. The first-order chi connectivity index (χ1) is 16.1. The molecule has 1 heterocycles. The molecule has 3 rings (SSSR count). The lowest BCUT2D eigenvalue weighted by Gasteiger charge is -2.46. The van der Waals surface area contributed by atoms with Crippen molar-refractivity contribution in [1.29, 1.82) is 0 Å². The maximum absolute atomic E-state index is 12.7. The maximum Gasteiger partial charge on any atom is 0.335 e. The molecule has 0 aliphatic carbocycles. The van der Waals surface area contributed by atoms with Gasteiger partial charge in [-0.1, -0.05) is 52.0 Å². The minimum atomic E-state index is -0.892. The number of aromatic hydroxyl groups is 1. The third kappa shape index (κ3) is 6.38. The maximum atomic E-state index is 12.7. The highest BCUT2D eigenvalue weighted by Gasteiger charge is 2.39. The van der Waals surface area contributed by atoms with Crippen LogP contribution < -0.4 is 5.32 Å². The quantitative estimate of drug-likeness (QED) is 0.508. The molecule has 6 heteroatoms. The predicted octanol–water partition coefficient (Wildman–Crippen LogP) is 4.46. The summed E-state index contributed by atoms with van der Waals surface area (Å²) < 4.78 is 0. The Hall–Kier alpha value is -2.86. The first-order valence-corrected chi connectivity index (χ1v) is 12.2. The lowest BCUT2D eigenvalue weighted by molar-refractivity contribution is -0.122. The van der Waals surface area contributed by atoms with Crippen LogP contribution in [-0.4, -0.2) is 52.7 Å². The molecule has 2 aromatic rings. The number of rotatable bonds is 9. The number of hydrogen-bond donors (Lipinski definition) is 3. The van der Waals surface area contributed by atoms with Crippen LogP contribution in [0.5, 0.6) is 5.75 Å². The Labute approximate surface area is 203 Å². The number of nitrogens with zero attached hydrogens (tertiary/aromatic N) is 1. The van der Waals surface area contributed by atoms with Crippen molar-refractivity contribution in [3.8, 4) is 5.75 Å². The average Bonchev–Trinajstić information content (AvgIpc) is 2.80. The van der Waals surface area contributed by atoms with Crippen molar-refractivity contribution < 1.29 is 19.8 Å². The molecule has 1 fully saturated rings. The minimum Gasteiger partial charge on any atom is -0.508 e. The molecule has 1 saturated heterocycles. The number of carboxylic acid groups (broad SMARTS) is 1.